The molecule has 11 heteroatoms. The number of ether oxygens (including phenoxy) is 1. The van der Waals surface area contributed by atoms with E-state index in [4.69, 9.17) is 4.74 Å². The Hall–Kier alpha value is -4.64. The van der Waals surface area contributed by atoms with Crippen LogP contribution < -0.4 is 14.8 Å². The predicted octanol–water partition coefficient (Wildman–Crippen LogP) is 8.22. The molecule has 0 aliphatic heterocycles. The number of benzene rings is 4. The van der Waals surface area contributed by atoms with Crippen molar-refractivity contribution in [2.45, 2.75) is 83.0 Å². The number of fused-ring (bicyclic) bond motifs is 1. The Kier molecular flexibility index (Phi) is 11.0. The van der Waals surface area contributed by atoms with E-state index in [0.717, 1.165) is 42.9 Å². The smallest absolute Gasteiger partial charge is 0.269 e. The minimum Gasteiger partial charge on any atom is -0.506 e. The summed E-state index contributed by atoms with van der Waals surface area (Å²) in [6.07, 6.45) is 3.29. The molecule has 1 amide bonds. The van der Waals surface area contributed by atoms with E-state index in [-0.39, 0.29) is 38.4 Å². The number of nitrogens with zero attached hydrogens (tertiary/aromatic N) is 1. The number of phenols is 1. The van der Waals surface area contributed by atoms with Crippen LogP contribution in [0.1, 0.15) is 88.7 Å². The normalized spacial score (nSPS) is 12.1. The molecule has 0 radical (unpaired) electrons. The summed E-state index contributed by atoms with van der Waals surface area (Å²) in [6.45, 7) is 14.1. The van der Waals surface area contributed by atoms with Crippen LogP contribution in [0.15, 0.2) is 77.7 Å². The van der Waals surface area contributed by atoms with Crippen LogP contribution in [0.25, 0.3) is 10.8 Å². The number of unbranched alkanes of at least 4 members (excludes halogenated alkanes) is 1. The number of aromatic hydroxyl groups is 1. The zero-order valence-corrected chi connectivity index (χ0v) is 29.2. The number of hydrogen-bond donors (Lipinski definition) is 3. The number of phenolic OH excluding ortho intramolecular Hbond substituents is 1. The maximum atomic E-state index is 13.2. The van der Waals surface area contributed by atoms with Crippen molar-refractivity contribution in [1.29, 1.82) is 0 Å². The molecule has 0 aliphatic rings. The molecule has 4 rings (SSSR count). The van der Waals surface area contributed by atoms with E-state index in [0.29, 0.717) is 36.8 Å². The molecule has 0 saturated heterocycles. The second-order valence-corrected chi connectivity index (χ2v) is 14.9. The van der Waals surface area contributed by atoms with Gasteiger partial charge in [0.2, 0.25) is 0 Å². The molecule has 0 bridgehead atoms. The van der Waals surface area contributed by atoms with Gasteiger partial charge in [-0.3, -0.25) is 19.6 Å². The summed E-state index contributed by atoms with van der Waals surface area (Å²) < 4.78 is 35.1. The fourth-order valence-electron chi connectivity index (χ4n) is 5.27. The zero-order chi connectivity index (χ0) is 35.3. The molecule has 0 saturated carbocycles. The second-order valence-electron chi connectivity index (χ2n) is 13.2. The van der Waals surface area contributed by atoms with Gasteiger partial charge in [0.05, 0.1) is 27.7 Å². The van der Waals surface area contributed by atoms with Crippen LogP contribution in [0.3, 0.4) is 0 Å². The molecule has 0 spiro atoms. The van der Waals surface area contributed by atoms with Gasteiger partial charge in [-0.25, -0.2) is 8.42 Å². The summed E-state index contributed by atoms with van der Waals surface area (Å²) >= 11 is 0. The quantitative estimate of drug-likeness (QED) is 0.0498. The first-order chi connectivity index (χ1) is 22.6. The van der Waals surface area contributed by atoms with Crippen molar-refractivity contribution in [1.82, 2.24) is 5.32 Å². The van der Waals surface area contributed by atoms with Crippen molar-refractivity contribution in [3.8, 4) is 11.5 Å². The van der Waals surface area contributed by atoms with Crippen molar-refractivity contribution >= 4 is 38.1 Å². The van der Waals surface area contributed by atoms with Crippen LogP contribution >= 0.6 is 0 Å². The Balaban J connectivity index is 1.43. The highest BCUT2D eigenvalue weighted by Gasteiger charge is 2.27. The molecule has 48 heavy (non-hydrogen) atoms. The highest BCUT2D eigenvalue weighted by molar-refractivity contribution is 7.92. The van der Waals surface area contributed by atoms with Crippen molar-refractivity contribution < 1.29 is 28.0 Å². The molecule has 0 heterocycles. The molecule has 0 aromatic heterocycles. The largest absolute Gasteiger partial charge is 0.506 e. The third kappa shape index (κ3) is 8.07. The van der Waals surface area contributed by atoms with E-state index >= 15 is 0 Å². The van der Waals surface area contributed by atoms with Crippen LogP contribution in [0.5, 0.6) is 11.5 Å². The van der Waals surface area contributed by atoms with Gasteiger partial charge in [-0.15, -0.1) is 0 Å². The van der Waals surface area contributed by atoms with Crippen LogP contribution in [-0.2, 0) is 20.9 Å². The average Bonchev–Trinajstić information content (AvgIpc) is 3.07. The number of anilines is 1. The number of carbonyl (C=O) groups excluding carboxylic acids is 1. The Morgan fingerprint density at radius 3 is 2.17 bits per heavy atom. The Labute approximate surface area is 282 Å². The fourth-order valence-corrected chi connectivity index (χ4v) is 6.35. The summed E-state index contributed by atoms with van der Waals surface area (Å²) in [5.41, 5.74) is 2.23. The summed E-state index contributed by atoms with van der Waals surface area (Å²) in [6, 6.07) is 18.8. The van der Waals surface area contributed by atoms with Gasteiger partial charge in [0, 0.05) is 35.0 Å². The number of nitro benzene ring substituents is 1. The molecular weight excluding hydrogens is 630 g/mol. The van der Waals surface area contributed by atoms with E-state index in [1.165, 1.54) is 17.2 Å². The summed E-state index contributed by atoms with van der Waals surface area (Å²) in [4.78, 5) is 23.4. The van der Waals surface area contributed by atoms with Crippen molar-refractivity contribution in [2.24, 2.45) is 0 Å². The number of sulfonamides is 1. The summed E-state index contributed by atoms with van der Waals surface area (Å²) in [5.74, 6) is 0.0351. The molecule has 0 fully saturated rings. The highest BCUT2D eigenvalue weighted by atomic mass is 32.2. The lowest BCUT2D eigenvalue weighted by molar-refractivity contribution is -0.384. The van der Waals surface area contributed by atoms with Crippen LogP contribution in [0, 0.1) is 10.1 Å². The minimum atomic E-state index is -4.18. The van der Waals surface area contributed by atoms with Crippen LogP contribution in [0.4, 0.5) is 11.4 Å². The monoisotopic (exact) mass is 675 g/mol. The molecular formula is C37H45N3O7S. The van der Waals surface area contributed by atoms with Gasteiger partial charge in [0.1, 0.15) is 11.5 Å². The maximum absolute atomic E-state index is 13.2. The highest BCUT2D eigenvalue weighted by Crippen LogP contribution is 2.39. The molecule has 256 valence electrons. The van der Waals surface area contributed by atoms with E-state index < -0.39 is 20.9 Å². The van der Waals surface area contributed by atoms with Gasteiger partial charge in [-0.2, -0.15) is 0 Å². The summed E-state index contributed by atoms with van der Waals surface area (Å²) in [5, 5.41) is 25.5. The Morgan fingerprint density at radius 2 is 1.54 bits per heavy atom. The minimum absolute atomic E-state index is 0.0557. The van der Waals surface area contributed by atoms with E-state index in [2.05, 4.69) is 69.8 Å². The zero-order valence-electron chi connectivity index (χ0n) is 28.4. The molecule has 0 atom stereocenters. The SMILES string of the molecule is CCC(C)(C)c1ccc(OCCCCNC(=O)c2cc(NS(=O)(=O)c3ccc([N+](=O)[O-])cc3)c3ccccc3c2O)c(C(C)(C)CC)c1. The lowest BCUT2D eigenvalue weighted by Gasteiger charge is -2.30. The first-order valence-electron chi connectivity index (χ1n) is 16.2. The van der Waals surface area contributed by atoms with Gasteiger partial charge >= 0.3 is 0 Å². The summed E-state index contributed by atoms with van der Waals surface area (Å²) in [7, 11) is -4.18. The number of nitro groups is 1. The Morgan fingerprint density at radius 1 is 0.896 bits per heavy atom. The molecule has 3 N–H and O–H groups in total. The molecule has 0 aliphatic carbocycles. The van der Waals surface area contributed by atoms with Crippen molar-refractivity contribution in [2.75, 3.05) is 17.9 Å². The molecule has 4 aromatic rings. The van der Waals surface area contributed by atoms with Crippen LogP contribution in [0.2, 0.25) is 0 Å². The molecule has 0 unspecified atom stereocenters. The number of non-ortho nitro benzene ring substituents is 1. The van der Waals surface area contributed by atoms with Crippen molar-refractivity contribution in [3.63, 3.8) is 0 Å². The first-order valence-corrected chi connectivity index (χ1v) is 17.7. The van der Waals surface area contributed by atoms with E-state index in [1.807, 2.05) is 0 Å². The van der Waals surface area contributed by atoms with Gasteiger partial charge in [0.25, 0.3) is 21.6 Å². The lowest BCUT2D eigenvalue weighted by Crippen LogP contribution is -2.25. The number of nitrogens with one attached hydrogen (secondary N) is 2. The fraction of sp³-hybridized carbons (Fsp3) is 0.378. The number of carbonyl (C=O) groups is 1. The van der Waals surface area contributed by atoms with Gasteiger partial charge in [0.15, 0.2) is 0 Å². The predicted molar refractivity (Wildman–Crippen MR) is 190 cm³/mol. The lowest BCUT2D eigenvalue weighted by atomic mass is 9.76. The first kappa shape index (κ1) is 36.2. The number of hydrogen-bond acceptors (Lipinski definition) is 7. The van der Waals surface area contributed by atoms with Gasteiger partial charge in [-0.05, 0) is 66.3 Å². The third-order valence-corrected chi connectivity index (χ3v) is 10.6. The number of amides is 1. The Bertz CT molecular complexity index is 1900. The number of rotatable bonds is 15. The van der Waals surface area contributed by atoms with Gasteiger partial charge in [-0.1, -0.05) is 77.9 Å². The standard InChI is InChI=1S/C37H45N3O7S/c1-7-36(3,4)25-15-20-33(31(23-25)37(5,6)8-2)47-22-12-11-21-38-35(42)30-24-32(28-13-9-10-14-29(28)34(30)41)39-48(45,46)27-18-16-26(17-19-27)40(43)44/h9-10,13-20,23-24,39,41H,7-8,11-12,21-22H2,1-6H3,(H,38,42). The van der Waals surface area contributed by atoms with Crippen LogP contribution in [-0.4, -0.2) is 37.5 Å². The van der Waals surface area contributed by atoms with E-state index in [9.17, 15) is 28.4 Å². The van der Waals surface area contributed by atoms with E-state index in [1.54, 1.807) is 24.3 Å². The third-order valence-electron chi connectivity index (χ3n) is 9.24. The van der Waals surface area contributed by atoms with Crippen molar-refractivity contribution in [3.05, 3.63) is 99.6 Å². The molecule has 10 nitrogen and oxygen atoms in total. The molecule has 4 aromatic carbocycles. The topological polar surface area (TPSA) is 148 Å². The second kappa shape index (κ2) is 14.6. The average molecular weight is 676 g/mol. The maximum Gasteiger partial charge on any atom is 0.269 e. The van der Waals surface area contributed by atoms with Gasteiger partial charge < -0.3 is 15.2 Å².